The van der Waals surface area contributed by atoms with E-state index in [1.54, 1.807) is 12.1 Å². The Kier molecular flexibility index (Phi) is 8.06. The maximum Gasteiger partial charge on any atom is 0.310 e. The predicted octanol–water partition coefficient (Wildman–Crippen LogP) is 2.44. The Bertz CT molecular complexity index is 1560. The Hall–Kier alpha value is -4.77. The van der Waals surface area contributed by atoms with E-state index in [-0.39, 0.29) is 38.3 Å². The van der Waals surface area contributed by atoms with Crippen molar-refractivity contribution >= 4 is 40.4 Å². The van der Waals surface area contributed by atoms with Gasteiger partial charge in [0.1, 0.15) is 18.1 Å². The predicted molar refractivity (Wildman–Crippen MR) is 154 cm³/mol. The van der Waals surface area contributed by atoms with Gasteiger partial charge in [-0.3, -0.25) is 29.0 Å². The van der Waals surface area contributed by atoms with Gasteiger partial charge in [0.25, 0.3) is 11.8 Å². The molecular weight excluding hydrogens is 552 g/mol. The fourth-order valence-corrected chi connectivity index (χ4v) is 5.90. The molecule has 4 atom stereocenters. The van der Waals surface area contributed by atoms with E-state index in [1.165, 1.54) is 10.0 Å². The summed E-state index contributed by atoms with van der Waals surface area (Å²) in [5.74, 6) is -2.30. The van der Waals surface area contributed by atoms with E-state index < -0.39 is 48.1 Å². The van der Waals surface area contributed by atoms with Crippen LogP contribution in [0.25, 0.3) is 10.8 Å². The SMILES string of the molecule is O=C1CC(NC(=O)C2CCCN3C(=O)CCC(NC(=O)c4cccc5ccccc45)C(=O)N23)C(OCc2ccccc2)O1. The van der Waals surface area contributed by atoms with Crippen LogP contribution in [0.1, 0.15) is 48.0 Å². The first-order valence-electron chi connectivity index (χ1n) is 14.5. The van der Waals surface area contributed by atoms with Gasteiger partial charge in [-0.25, -0.2) is 5.01 Å². The summed E-state index contributed by atoms with van der Waals surface area (Å²) in [5, 5.41) is 9.79. The topological polar surface area (TPSA) is 134 Å². The number of carbonyl (C=O) groups is 5. The minimum absolute atomic E-state index is 0.0391. The van der Waals surface area contributed by atoms with Crippen LogP contribution >= 0.6 is 0 Å². The van der Waals surface area contributed by atoms with Crippen LogP contribution in [0.3, 0.4) is 0 Å². The third-order valence-corrected chi connectivity index (χ3v) is 8.05. The molecule has 3 aromatic carbocycles. The van der Waals surface area contributed by atoms with Gasteiger partial charge in [0.15, 0.2) is 0 Å². The summed E-state index contributed by atoms with van der Waals surface area (Å²) in [4.78, 5) is 66.2. The number of hydrogen-bond acceptors (Lipinski definition) is 7. The maximum absolute atomic E-state index is 13.9. The summed E-state index contributed by atoms with van der Waals surface area (Å²) >= 11 is 0. The number of esters is 1. The summed E-state index contributed by atoms with van der Waals surface area (Å²) in [5.41, 5.74) is 1.29. The van der Waals surface area contributed by atoms with E-state index in [1.807, 2.05) is 60.7 Å². The van der Waals surface area contributed by atoms with Crippen molar-refractivity contribution in [3.8, 4) is 0 Å². The smallest absolute Gasteiger partial charge is 0.310 e. The van der Waals surface area contributed by atoms with Crippen LogP contribution in [-0.2, 0) is 35.3 Å². The van der Waals surface area contributed by atoms with Crippen LogP contribution in [0.2, 0.25) is 0 Å². The van der Waals surface area contributed by atoms with Crippen molar-refractivity contribution in [2.45, 2.75) is 63.1 Å². The number of carbonyl (C=O) groups excluding carboxylic acids is 5. The highest BCUT2D eigenvalue weighted by Crippen LogP contribution is 2.27. The normalized spacial score (nSPS) is 23.9. The van der Waals surface area contributed by atoms with Crippen LogP contribution in [0.15, 0.2) is 72.8 Å². The second kappa shape index (κ2) is 12.2. The van der Waals surface area contributed by atoms with E-state index in [4.69, 9.17) is 9.47 Å². The number of fused-ring (bicyclic) bond motifs is 2. The molecule has 0 radical (unpaired) electrons. The third kappa shape index (κ3) is 5.94. The molecule has 0 aromatic heterocycles. The average molecular weight is 585 g/mol. The number of rotatable bonds is 7. The molecule has 0 bridgehead atoms. The Labute approximate surface area is 248 Å². The first-order valence-corrected chi connectivity index (χ1v) is 14.5. The van der Waals surface area contributed by atoms with Gasteiger partial charge in [0.2, 0.25) is 18.1 Å². The van der Waals surface area contributed by atoms with E-state index in [2.05, 4.69) is 10.6 Å². The van der Waals surface area contributed by atoms with E-state index in [9.17, 15) is 24.0 Å². The number of nitrogens with zero attached hydrogens (tertiary/aromatic N) is 2. The van der Waals surface area contributed by atoms with Crippen LogP contribution in [-0.4, -0.2) is 70.6 Å². The molecule has 0 aliphatic carbocycles. The molecule has 3 aliphatic rings. The third-order valence-electron chi connectivity index (χ3n) is 8.05. The lowest BCUT2D eigenvalue weighted by atomic mass is 10.0. The van der Waals surface area contributed by atoms with Gasteiger partial charge >= 0.3 is 5.97 Å². The minimum Gasteiger partial charge on any atom is -0.433 e. The van der Waals surface area contributed by atoms with Gasteiger partial charge in [-0.2, -0.15) is 0 Å². The quantitative estimate of drug-likeness (QED) is 0.408. The summed E-state index contributed by atoms with van der Waals surface area (Å²) in [6.45, 7) is 0.464. The van der Waals surface area contributed by atoms with Crippen molar-refractivity contribution in [1.82, 2.24) is 20.7 Å². The van der Waals surface area contributed by atoms with Crippen molar-refractivity contribution in [3.63, 3.8) is 0 Å². The average Bonchev–Trinajstić information content (AvgIpc) is 3.33. The Balaban J connectivity index is 1.18. The first kappa shape index (κ1) is 28.4. The highest BCUT2D eigenvalue weighted by Gasteiger charge is 2.46. The summed E-state index contributed by atoms with van der Waals surface area (Å²) in [6, 6.07) is 19.4. The fraction of sp³-hybridized carbons (Fsp3) is 0.344. The van der Waals surface area contributed by atoms with Crippen LogP contribution < -0.4 is 10.6 Å². The number of cyclic esters (lactones) is 1. The zero-order valence-electron chi connectivity index (χ0n) is 23.4. The van der Waals surface area contributed by atoms with Gasteiger partial charge in [0.05, 0.1) is 13.0 Å². The van der Waals surface area contributed by atoms with Gasteiger partial charge < -0.3 is 20.1 Å². The van der Waals surface area contributed by atoms with Crippen LogP contribution in [0, 0.1) is 0 Å². The number of amides is 4. The number of hydrogen-bond donors (Lipinski definition) is 2. The zero-order valence-corrected chi connectivity index (χ0v) is 23.4. The zero-order chi connectivity index (χ0) is 29.9. The fourth-order valence-electron chi connectivity index (χ4n) is 5.90. The number of benzene rings is 3. The standard InChI is InChI=1S/C32H32N4O7/c37-27-16-15-24(33-29(39)23-13-6-11-21-10-4-5-12-22(21)23)31(41)36-26(14-7-17-35(27)36)30(40)34-25-18-28(38)43-32(25)42-19-20-8-2-1-3-9-20/h1-6,8-13,24-26,32H,7,14-19H2,(H,33,39)(H,34,40). The highest BCUT2D eigenvalue weighted by atomic mass is 16.7. The molecule has 43 heavy (non-hydrogen) atoms. The highest BCUT2D eigenvalue weighted by molar-refractivity contribution is 6.08. The maximum atomic E-state index is 13.9. The molecular formula is C32H32N4O7. The van der Waals surface area contributed by atoms with E-state index >= 15 is 0 Å². The Morgan fingerprint density at radius 1 is 0.907 bits per heavy atom. The molecule has 2 N–H and O–H groups in total. The number of ether oxygens (including phenoxy) is 2. The first-order chi connectivity index (χ1) is 20.9. The largest absolute Gasteiger partial charge is 0.433 e. The van der Waals surface area contributed by atoms with Crippen LogP contribution in [0.4, 0.5) is 0 Å². The molecule has 0 spiro atoms. The molecule has 0 saturated carbocycles. The van der Waals surface area contributed by atoms with E-state index in [0.717, 1.165) is 16.3 Å². The number of nitrogens with one attached hydrogen (secondary N) is 2. The molecule has 3 heterocycles. The lowest BCUT2D eigenvalue weighted by molar-refractivity contribution is -0.177. The second-order valence-corrected chi connectivity index (χ2v) is 10.9. The van der Waals surface area contributed by atoms with E-state index in [0.29, 0.717) is 18.4 Å². The summed E-state index contributed by atoms with van der Waals surface area (Å²) in [7, 11) is 0. The molecule has 6 rings (SSSR count). The van der Waals surface area contributed by atoms with Gasteiger partial charge in [-0.05, 0) is 41.7 Å². The Morgan fingerprint density at radius 2 is 1.67 bits per heavy atom. The van der Waals surface area contributed by atoms with Crippen molar-refractivity contribution in [2.24, 2.45) is 0 Å². The molecule has 11 heteroatoms. The lowest BCUT2D eigenvalue weighted by Gasteiger charge is -2.43. The number of hydrazine groups is 1. The molecule has 3 aromatic rings. The Morgan fingerprint density at radius 3 is 2.51 bits per heavy atom. The van der Waals surface area contributed by atoms with Crippen molar-refractivity contribution in [2.75, 3.05) is 6.54 Å². The second-order valence-electron chi connectivity index (χ2n) is 10.9. The molecule has 11 nitrogen and oxygen atoms in total. The van der Waals surface area contributed by atoms with Gasteiger partial charge in [0, 0.05) is 18.5 Å². The molecule has 3 aliphatic heterocycles. The van der Waals surface area contributed by atoms with Gasteiger partial charge in [-0.15, -0.1) is 0 Å². The van der Waals surface area contributed by atoms with Crippen molar-refractivity contribution in [1.29, 1.82) is 0 Å². The molecule has 3 saturated heterocycles. The van der Waals surface area contributed by atoms with Crippen molar-refractivity contribution < 1.29 is 33.4 Å². The molecule has 4 amide bonds. The monoisotopic (exact) mass is 584 g/mol. The molecule has 4 unspecified atom stereocenters. The summed E-state index contributed by atoms with van der Waals surface area (Å²) < 4.78 is 11.1. The molecule has 3 fully saturated rings. The minimum atomic E-state index is -1.01. The molecule has 222 valence electrons. The van der Waals surface area contributed by atoms with Crippen molar-refractivity contribution in [3.05, 3.63) is 83.9 Å². The van der Waals surface area contributed by atoms with Crippen LogP contribution in [0.5, 0.6) is 0 Å². The summed E-state index contributed by atoms with van der Waals surface area (Å²) in [6.07, 6.45) is -0.117. The van der Waals surface area contributed by atoms with Gasteiger partial charge in [-0.1, -0.05) is 66.7 Å². The lowest BCUT2D eigenvalue weighted by Crippen LogP contribution is -2.64.